The van der Waals surface area contributed by atoms with Crippen LogP contribution in [-0.4, -0.2) is 48.6 Å². The predicted molar refractivity (Wildman–Crippen MR) is 108 cm³/mol. The normalized spacial score (nSPS) is 27.9. The Hall–Kier alpha value is -2.32. The van der Waals surface area contributed by atoms with Gasteiger partial charge in [0.25, 0.3) is 0 Å². The fourth-order valence-electron chi connectivity index (χ4n) is 5.05. The minimum Gasteiger partial charge on any atom is -0.390 e. The lowest BCUT2D eigenvalue weighted by Crippen LogP contribution is -2.32. The maximum atomic E-state index is 11.2. The summed E-state index contributed by atoms with van der Waals surface area (Å²) in [5.41, 5.74) is 4.83. The summed E-state index contributed by atoms with van der Waals surface area (Å²) in [6, 6.07) is 7.59. The van der Waals surface area contributed by atoms with Gasteiger partial charge in [0.05, 0.1) is 23.9 Å². The van der Waals surface area contributed by atoms with E-state index in [1.165, 1.54) is 11.9 Å². The summed E-state index contributed by atoms with van der Waals surface area (Å²) in [6.45, 7) is 3.57. The van der Waals surface area contributed by atoms with Gasteiger partial charge in [0.1, 0.15) is 18.1 Å². The van der Waals surface area contributed by atoms with Crippen LogP contribution in [0.3, 0.4) is 0 Å². The molecule has 5 rings (SSSR count). The maximum Gasteiger partial charge on any atom is 0.143 e. The van der Waals surface area contributed by atoms with Crippen LogP contribution in [0.1, 0.15) is 41.0 Å². The summed E-state index contributed by atoms with van der Waals surface area (Å²) < 4.78 is 1.91. The van der Waals surface area contributed by atoms with Crippen LogP contribution in [0.4, 0.5) is 0 Å². The summed E-state index contributed by atoms with van der Waals surface area (Å²) in [5, 5.41) is 37.1. The highest BCUT2D eigenvalue weighted by atomic mass is 16.3. The summed E-state index contributed by atoms with van der Waals surface area (Å²) in [6.07, 6.45) is 1.98. The van der Waals surface area contributed by atoms with E-state index in [1.54, 1.807) is 0 Å². The quantitative estimate of drug-likeness (QED) is 0.536. The number of nitrogens with one attached hydrogen (secondary N) is 1. The van der Waals surface area contributed by atoms with Gasteiger partial charge in [0.15, 0.2) is 0 Å². The van der Waals surface area contributed by atoms with Crippen molar-refractivity contribution in [2.45, 2.75) is 50.7 Å². The number of aromatic nitrogens is 3. The maximum absolute atomic E-state index is 11.2. The molecule has 0 bridgehead atoms. The van der Waals surface area contributed by atoms with Crippen molar-refractivity contribution in [1.82, 2.24) is 19.9 Å². The molecule has 3 heterocycles. The van der Waals surface area contributed by atoms with Crippen LogP contribution in [-0.2, 0) is 13.0 Å². The van der Waals surface area contributed by atoms with Gasteiger partial charge < -0.3 is 25.2 Å². The molecule has 3 aromatic rings. The Bertz CT molecular complexity index is 1050. The highest BCUT2D eigenvalue weighted by Gasteiger charge is 2.46. The topological polar surface area (TPSA) is 103 Å². The summed E-state index contributed by atoms with van der Waals surface area (Å²) >= 11 is 0. The molecule has 0 unspecified atom stereocenters. The van der Waals surface area contributed by atoms with Gasteiger partial charge in [0, 0.05) is 24.0 Å². The molecule has 7 nitrogen and oxygen atoms in total. The molecule has 0 spiro atoms. The smallest absolute Gasteiger partial charge is 0.143 e. The molecule has 2 aliphatic rings. The van der Waals surface area contributed by atoms with Crippen LogP contribution in [0.15, 0.2) is 36.8 Å². The van der Waals surface area contributed by atoms with Gasteiger partial charge in [-0.1, -0.05) is 18.2 Å². The molecule has 0 amide bonds. The molecular weight excluding hydrogens is 368 g/mol. The molecule has 152 valence electrons. The minimum atomic E-state index is -1.01. The van der Waals surface area contributed by atoms with Gasteiger partial charge in [-0.2, -0.15) is 0 Å². The van der Waals surface area contributed by atoms with E-state index >= 15 is 0 Å². The van der Waals surface area contributed by atoms with E-state index in [4.69, 9.17) is 0 Å². The lowest BCUT2D eigenvalue weighted by Gasteiger charge is -2.27. The fraction of sp³-hybridized carbons (Fsp3) is 0.455. The van der Waals surface area contributed by atoms with Gasteiger partial charge in [-0.25, -0.2) is 9.97 Å². The van der Waals surface area contributed by atoms with E-state index in [9.17, 15) is 15.3 Å². The highest BCUT2D eigenvalue weighted by Crippen LogP contribution is 2.44. The Morgan fingerprint density at radius 3 is 2.90 bits per heavy atom. The number of nitrogens with zero attached hydrogens (tertiary/aromatic N) is 3. The van der Waals surface area contributed by atoms with Crippen LogP contribution in [0.2, 0.25) is 0 Å². The molecule has 29 heavy (non-hydrogen) atoms. The Labute approximate surface area is 169 Å². The van der Waals surface area contributed by atoms with Crippen molar-refractivity contribution in [3.63, 3.8) is 0 Å². The molecule has 1 fully saturated rings. The fourth-order valence-corrected chi connectivity index (χ4v) is 5.05. The average Bonchev–Trinajstić information content (AvgIpc) is 3.29. The van der Waals surface area contributed by atoms with E-state index in [2.05, 4.69) is 21.4 Å². The Morgan fingerprint density at radius 1 is 1.17 bits per heavy atom. The van der Waals surface area contributed by atoms with Crippen molar-refractivity contribution >= 4 is 11.0 Å². The monoisotopic (exact) mass is 394 g/mol. The van der Waals surface area contributed by atoms with E-state index in [0.717, 1.165) is 47.4 Å². The molecule has 4 N–H and O–H groups in total. The first kappa shape index (κ1) is 18.7. The van der Waals surface area contributed by atoms with Crippen molar-refractivity contribution in [1.29, 1.82) is 0 Å². The van der Waals surface area contributed by atoms with Crippen molar-refractivity contribution in [3.8, 4) is 0 Å². The number of fused-ring (bicyclic) bond motifs is 2. The SMILES string of the molecule is Cc1ncnc2c1ccn2[C@@H]1C[C@H]([C@@H](O)c2cccc3c2CNCC3)[C@@H](O)[C@H]1O. The number of hydrogen-bond donors (Lipinski definition) is 4. The lowest BCUT2D eigenvalue weighted by molar-refractivity contribution is -0.0267. The molecule has 1 aliphatic carbocycles. The molecule has 1 aromatic carbocycles. The van der Waals surface area contributed by atoms with Gasteiger partial charge in [-0.15, -0.1) is 0 Å². The first-order chi connectivity index (χ1) is 14.1. The third-order valence-corrected chi connectivity index (χ3v) is 6.67. The zero-order valence-corrected chi connectivity index (χ0v) is 16.4. The van der Waals surface area contributed by atoms with Crippen molar-refractivity contribution in [2.24, 2.45) is 5.92 Å². The molecule has 1 saturated carbocycles. The first-order valence-corrected chi connectivity index (χ1v) is 10.2. The van der Waals surface area contributed by atoms with Crippen LogP contribution >= 0.6 is 0 Å². The Kier molecular flexibility index (Phi) is 4.63. The van der Waals surface area contributed by atoms with Crippen LogP contribution in [0, 0.1) is 12.8 Å². The Morgan fingerprint density at radius 2 is 2.03 bits per heavy atom. The van der Waals surface area contributed by atoms with Crippen LogP contribution in [0.5, 0.6) is 0 Å². The van der Waals surface area contributed by atoms with E-state index in [-0.39, 0.29) is 6.04 Å². The third kappa shape index (κ3) is 2.97. The van der Waals surface area contributed by atoms with Gasteiger partial charge in [-0.3, -0.25) is 0 Å². The lowest BCUT2D eigenvalue weighted by atomic mass is 9.86. The zero-order chi connectivity index (χ0) is 20.1. The van der Waals surface area contributed by atoms with Gasteiger partial charge in [-0.05, 0) is 49.1 Å². The standard InChI is InChI=1S/C22H26N4O3/c1-12-14-6-8-26(22(14)25-11-24-12)18-9-16(20(28)21(18)29)19(27)15-4-2-3-13-5-7-23-10-17(13)15/h2-4,6,8,11,16,18-21,23,27-29H,5,7,9-10H2,1H3/t16-,18-,19+,20-,21+/m1/s1. The molecule has 2 aromatic heterocycles. The van der Waals surface area contributed by atoms with Crippen molar-refractivity contribution in [2.75, 3.05) is 6.54 Å². The van der Waals surface area contributed by atoms with E-state index in [0.29, 0.717) is 6.42 Å². The highest BCUT2D eigenvalue weighted by molar-refractivity contribution is 5.78. The number of aliphatic hydroxyl groups excluding tert-OH is 3. The van der Waals surface area contributed by atoms with E-state index < -0.39 is 24.2 Å². The average molecular weight is 394 g/mol. The zero-order valence-electron chi connectivity index (χ0n) is 16.4. The van der Waals surface area contributed by atoms with E-state index in [1.807, 2.05) is 35.9 Å². The minimum absolute atomic E-state index is 0.353. The van der Waals surface area contributed by atoms with Crippen molar-refractivity contribution in [3.05, 3.63) is 59.2 Å². The number of aliphatic hydroxyl groups is 3. The largest absolute Gasteiger partial charge is 0.390 e. The molecule has 0 radical (unpaired) electrons. The second-order valence-electron chi connectivity index (χ2n) is 8.22. The van der Waals surface area contributed by atoms with Gasteiger partial charge >= 0.3 is 0 Å². The predicted octanol–water partition coefficient (Wildman–Crippen LogP) is 1.40. The summed E-state index contributed by atoms with van der Waals surface area (Å²) in [4.78, 5) is 8.60. The number of hydrogen-bond acceptors (Lipinski definition) is 6. The summed E-state index contributed by atoms with van der Waals surface area (Å²) in [7, 11) is 0. The first-order valence-electron chi connectivity index (χ1n) is 10.2. The molecule has 5 atom stereocenters. The second kappa shape index (κ2) is 7.18. The molecule has 0 saturated heterocycles. The summed E-state index contributed by atoms with van der Waals surface area (Å²) in [5.74, 6) is -0.455. The molecule has 1 aliphatic heterocycles. The Balaban J connectivity index is 1.48. The number of rotatable bonds is 3. The van der Waals surface area contributed by atoms with Gasteiger partial charge in [0.2, 0.25) is 0 Å². The number of aryl methyl sites for hydroxylation is 1. The van der Waals surface area contributed by atoms with Crippen molar-refractivity contribution < 1.29 is 15.3 Å². The number of benzene rings is 1. The third-order valence-electron chi connectivity index (χ3n) is 6.67. The second-order valence-corrected chi connectivity index (χ2v) is 8.22. The molecular formula is C22H26N4O3. The molecule has 7 heteroatoms. The van der Waals surface area contributed by atoms with Crippen LogP contribution in [0.25, 0.3) is 11.0 Å². The van der Waals surface area contributed by atoms with Crippen LogP contribution < -0.4 is 5.32 Å².